The summed E-state index contributed by atoms with van der Waals surface area (Å²) in [7, 11) is -2.59. The fourth-order valence-electron chi connectivity index (χ4n) is 4.69. The summed E-state index contributed by atoms with van der Waals surface area (Å²) in [6, 6.07) is 23.9. The van der Waals surface area contributed by atoms with E-state index in [4.69, 9.17) is 0 Å². The fraction of sp³-hybridized carbons (Fsp3) is 0.214. The Labute approximate surface area is 199 Å². The van der Waals surface area contributed by atoms with Gasteiger partial charge in [0.25, 0.3) is 0 Å². The van der Waals surface area contributed by atoms with Gasteiger partial charge in [0.05, 0.1) is 16.1 Å². The quantitative estimate of drug-likeness (QED) is 0.170. The summed E-state index contributed by atoms with van der Waals surface area (Å²) in [6.45, 7) is 14.7. The Morgan fingerprint density at radius 1 is 0.438 bits per heavy atom. The van der Waals surface area contributed by atoms with Gasteiger partial charge in [0, 0.05) is 9.40 Å². The second-order valence-electron chi connectivity index (χ2n) is 11.2. The molecule has 0 saturated heterocycles. The van der Waals surface area contributed by atoms with E-state index in [9.17, 15) is 0 Å². The van der Waals surface area contributed by atoms with E-state index in [1.807, 2.05) is 22.7 Å². The van der Waals surface area contributed by atoms with Crippen LogP contribution in [0, 0.1) is 0 Å². The van der Waals surface area contributed by atoms with Crippen molar-refractivity contribution in [1.82, 2.24) is 0 Å². The molecule has 4 aromatic carbocycles. The summed E-state index contributed by atoms with van der Waals surface area (Å²) in [6.07, 6.45) is 0. The summed E-state index contributed by atoms with van der Waals surface area (Å²) in [5.41, 5.74) is 0. The molecule has 2 aromatic heterocycles. The Hall–Kier alpha value is -1.99. The van der Waals surface area contributed by atoms with Gasteiger partial charge >= 0.3 is 0 Å². The molecular formula is C28H28S2Si2. The highest BCUT2D eigenvalue weighted by molar-refractivity contribution is 7.32. The third-order valence-electron chi connectivity index (χ3n) is 6.58. The lowest BCUT2D eigenvalue weighted by Gasteiger charge is -2.11. The van der Waals surface area contributed by atoms with Crippen LogP contribution in [0.5, 0.6) is 0 Å². The van der Waals surface area contributed by atoms with Gasteiger partial charge in [-0.2, -0.15) is 0 Å². The minimum absolute atomic E-state index is 1.30. The van der Waals surface area contributed by atoms with Crippen LogP contribution in [0.1, 0.15) is 0 Å². The number of hydrogen-bond donors (Lipinski definition) is 0. The van der Waals surface area contributed by atoms with E-state index in [-0.39, 0.29) is 0 Å². The molecule has 0 aliphatic carbocycles. The monoisotopic (exact) mass is 484 g/mol. The number of hydrogen-bond acceptors (Lipinski definition) is 2. The Kier molecular flexibility index (Phi) is 4.36. The van der Waals surface area contributed by atoms with Gasteiger partial charge < -0.3 is 0 Å². The second-order valence-corrected chi connectivity index (χ2v) is 24.1. The lowest BCUT2D eigenvalue weighted by molar-refractivity contribution is 1.79. The molecule has 6 aromatic rings. The van der Waals surface area contributed by atoms with E-state index in [1.165, 1.54) is 52.5 Å². The SMILES string of the molecule is C[Si](C)(C)c1cc2cc3ccc4c5cc6sc([Si](C)(C)C)cc6cc5ccc4c3cc2s1. The highest BCUT2D eigenvalue weighted by Crippen LogP contribution is 2.37. The molecular weight excluding hydrogens is 457 g/mol. The fourth-order valence-corrected chi connectivity index (χ4v) is 10.6. The van der Waals surface area contributed by atoms with Crippen molar-refractivity contribution in [1.29, 1.82) is 0 Å². The van der Waals surface area contributed by atoms with Crippen LogP contribution in [0.15, 0.2) is 60.7 Å². The van der Waals surface area contributed by atoms with Crippen molar-refractivity contribution in [3.05, 3.63) is 60.7 Å². The predicted octanol–water partition coefficient (Wildman–Crippen LogP) is 8.67. The highest BCUT2D eigenvalue weighted by atomic mass is 32.1. The molecule has 0 saturated carbocycles. The van der Waals surface area contributed by atoms with Crippen molar-refractivity contribution in [2.45, 2.75) is 39.3 Å². The number of fused-ring (bicyclic) bond motifs is 7. The zero-order chi connectivity index (χ0) is 22.4. The minimum atomic E-state index is -1.30. The summed E-state index contributed by atoms with van der Waals surface area (Å²) >= 11 is 4.01. The second kappa shape index (κ2) is 6.77. The van der Waals surface area contributed by atoms with Crippen LogP contribution in [0.25, 0.3) is 52.5 Å². The van der Waals surface area contributed by atoms with Gasteiger partial charge in [-0.25, -0.2) is 0 Å². The van der Waals surface area contributed by atoms with Crippen LogP contribution in [0.3, 0.4) is 0 Å². The first-order valence-corrected chi connectivity index (χ1v) is 20.0. The van der Waals surface area contributed by atoms with Gasteiger partial charge in [0.1, 0.15) is 0 Å². The van der Waals surface area contributed by atoms with E-state index in [0.717, 1.165) is 0 Å². The topological polar surface area (TPSA) is 0 Å². The molecule has 0 N–H and O–H groups in total. The molecule has 2 heterocycles. The zero-order valence-electron chi connectivity index (χ0n) is 19.6. The van der Waals surface area contributed by atoms with Crippen LogP contribution in [0.2, 0.25) is 39.3 Å². The first kappa shape index (κ1) is 20.6. The molecule has 0 bridgehead atoms. The Morgan fingerprint density at radius 3 is 1.22 bits per heavy atom. The first-order valence-electron chi connectivity index (χ1n) is 11.4. The summed E-state index contributed by atoms with van der Waals surface area (Å²) in [5, 5.41) is 11.0. The Bertz CT molecular complexity index is 1560. The molecule has 0 nitrogen and oxygen atoms in total. The summed E-state index contributed by atoms with van der Waals surface area (Å²) in [4.78, 5) is 0. The molecule has 0 fully saturated rings. The molecule has 0 amide bonds. The molecule has 0 radical (unpaired) electrons. The van der Waals surface area contributed by atoms with Gasteiger partial charge in [-0.3, -0.25) is 0 Å². The first-order chi connectivity index (χ1) is 15.1. The molecule has 160 valence electrons. The minimum Gasteiger partial charge on any atom is -0.145 e. The standard InChI is InChI=1S/C28H28S2Si2/c1-31(2,3)27-13-19-11-17-7-9-22-21(23(17)15-25(19)29-27)10-8-18-12-20-14-28(32(4,5)6)30-26(20)16-24(18)22/h7-16H,1-6H3. The lowest BCUT2D eigenvalue weighted by Crippen LogP contribution is -2.34. The smallest absolute Gasteiger partial charge is 0.0904 e. The van der Waals surface area contributed by atoms with Crippen LogP contribution in [0.4, 0.5) is 0 Å². The largest absolute Gasteiger partial charge is 0.145 e. The summed E-state index contributed by atoms with van der Waals surface area (Å²) in [5.74, 6) is 0. The zero-order valence-corrected chi connectivity index (χ0v) is 23.2. The molecule has 0 aliphatic heterocycles. The van der Waals surface area contributed by atoms with E-state index >= 15 is 0 Å². The normalized spacial score (nSPS) is 13.3. The third kappa shape index (κ3) is 3.19. The lowest BCUT2D eigenvalue weighted by atomic mass is 9.96. The van der Waals surface area contributed by atoms with Crippen LogP contribution in [-0.2, 0) is 0 Å². The van der Waals surface area contributed by atoms with Crippen molar-refractivity contribution in [3.63, 3.8) is 0 Å². The predicted molar refractivity (Wildman–Crippen MR) is 156 cm³/mol. The van der Waals surface area contributed by atoms with E-state index in [1.54, 1.807) is 9.00 Å². The molecule has 32 heavy (non-hydrogen) atoms. The van der Waals surface area contributed by atoms with Gasteiger partial charge in [-0.1, -0.05) is 63.5 Å². The Morgan fingerprint density at radius 2 is 0.844 bits per heavy atom. The molecule has 4 heteroatoms. The molecule has 0 aliphatic rings. The maximum atomic E-state index is 2.44. The summed E-state index contributed by atoms with van der Waals surface area (Å²) < 4.78 is 6.04. The van der Waals surface area contributed by atoms with Gasteiger partial charge in [0.2, 0.25) is 0 Å². The van der Waals surface area contributed by atoms with E-state index in [2.05, 4.69) is 99.9 Å². The van der Waals surface area contributed by atoms with Gasteiger partial charge in [0.15, 0.2) is 0 Å². The molecule has 0 unspecified atom stereocenters. The number of thiophene rings is 2. The van der Waals surface area contributed by atoms with Crippen molar-refractivity contribution in [2.24, 2.45) is 0 Å². The van der Waals surface area contributed by atoms with Crippen LogP contribution >= 0.6 is 22.7 Å². The van der Waals surface area contributed by atoms with Crippen LogP contribution in [-0.4, -0.2) is 16.1 Å². The maximum absolute atomic E-state index is 2.44. The van der Waals surface area contributed by atoms with Gasteiger partial charge in [-0.15, -0.1) is 22.7 Å². The van der Waals surface area contributed by atoms with Gasteiger partial charge in [-0.05, 0) is 88.5 Å². The van der Waals surface area contributed by atoms with Crippen LogP contribution < -0.4 is 9.00 Å². The third-order valence-corrected chi connectivity index (χ3v) is 15.9. The number of benzene rings is 4. The van der Waals surface area contributed by atoms with Crippen molar-refractivity contribution < 1.29 is 0 Å². The van der Waals surface area contributed by atoms with E-state index < -0.39 is 16.1 Å². The van der Waals surface area contributed by atoms with Crippen molar-refractivity contribution in [3.8, 4) is 0 Å². The van der Waals surface area contributed by atoms with E-state index in [0.29, 0.717) is 0 Å². The molecule has 0 atom stereocenters. The molecule has 6 rings (SSSR count). The maximum Gasteiger partial charge on any atom is 0.0904 e. The Balaban J connectivity index is 1.64. The average Bonchev–Trinajstić information content (AvgIpc) is 3.33. The molecule has 0 spiro atoms. The highest BCUT2D eigenvalue weighted by Gasteiger charge is 2.21. The number of rotatable bonds is 2. The van der Waals surface area contributed by atoms with Crippen molar-refractivity contribution >= 4 is 100 Å². The van der Waals surface area contributed by atoms with Crippen molar-refractivity contribution in [2.75, 3.05) is 0 Å². The average molecular weight is 485 g/mol.